The maximum absolute atomic E-state index is 11.1. The fourth-order valence-electron chi connectivity index (χ4n) is 0.837. The summed E-state index contributed by atoms with van der Waals surface area (Å²) in [5.74, 6) is 0.915. The first-order valence-corrected chi connectivity index (χ1v) is 5.71. The number of benzene rings is 1. The third kappa shape index (κ3) is 2.92. The first-order chi connectivity index (χ1) is 6.57. The Bertz CT molecular complexity index is 380. The van der Waals surface area contributed by atoms with E-state index in [1.807, 2.05) is 0 Å². The lowest BCUT2D eigenvalue weighted by Gasteiger charge is -2.05. The third-order valence-corrected chi connectivity index (χ3v) is 2.79. The Kier molecular flexibility index (Phi) is 3.35. The molecule has 0 amide bonds. The van der Waals surface area contributed by atoms with Crippen molar-refractivity contribution in [3.05, 3.63) is 24.3 Å². The van der Waals surface area contributed by atoms with Crippen molar-refractivity contribution in [1.29, 1.82) is 0 Å². The molecule has 0 bridgehead atoms. The fraction of sp³-hybridized carbons (Fsp3) is 0.333. The van der Waals surface area contributed by atoms with Gasteiger partial charge in [0, 0.05) is 0 Å². The minimum atomic E-state index is -3.43. The molecule has 0 saturated heterocycles. The Morgan fingerprint density at radius 1 is 1.14 bits per heavy atom. The Hall–Kier alpha value is -1.23. The molecule has 0 aliphatic carbocycles. The average molecular weight is 216 g/mol. The van der Waals surface area contributed by atoms with Gasteiger partial charge in [-0.1, -0.05) is 0 Å². The van der Waals surface area contributed by atoms with Gasteiger partial charge in [0.15, 0.2) is 0 Å². The molecule has 1 aromatic rings. The summed E-state index contributed by atoms with van der Waals surface area (Å²) in [6.07, 6.45) is 0. The summed E-state index contributed by atoms with van der Waals surface area (Å²) < 4.78 is 31.8. The van der Waals surface area contributed by atoms with Gasteiger partial charge in [-0.05, 0) is 31.2 Å². The Morgan fingerprint density at radius 2 is 1.64 bits per heavy atom. The van der Waals surface area contributed by atoms with Crippen LogP contribution in [0.3, 0.4) is 0 Å². The smallest absolute Gasteiger partial charge is 0.308 e. The SMILES string of the molecule is CCS(=O)(=O)Oc1ccc(OC)cc1. The lowest BCUT2D eigenvalue weighted by molar-refractivity contribution is 0.413. The van der Waals surface area contributed by atoms with Gasteiger partial charge in [0.25, 0.3) is 0 Å². The lowest BCUT2D eigenvalue weighted by Crippen LogP contribution is -2.11. The highest BCUT2D eigenvalue weighted by Crippen LogP contribution is 2.18. The summed E-state index contributed by atoms with van der Waals surface area (Å²) in [6, 6.07) is 6.37. The average Bonchev–Trinajstić information content (AvgIpc) is 2.19. The van der Waals surface area contributed by atoms with Crippen LogP contribution in [0.2, 0.25) is 0 Å². The molecule has 14 heavy (non-hydrogen) atoms. The van der Waals surface area contributed by atoms with Gasteiger partial charge in [0.1, 0.15) is 11.5 Å². The molecule has 0 N–H and O–H groups in total. The molecule has 0 atom stereocenters. The predicted molar refractivity (Wildman–Crippen MR) is 53.1 cm³/mol. The summed E-state index contributed by atoms with van der Waals surface area (Å²) in [5, 5.41) is 0. The van der Waals surface area contributed by atoms with Crippen molar-refractivity contribution in [3.63, 3.8) is 0 Å². The molecule has 0 saturated carbocycles. The topological polar surface area (TPSA) is 52.6 Å². The van der Waals surface area contributed by atoms with Gasteiger partial charge in [-0.15, -0.1) is 0 Å². The Labute approximate surface area is 83.6 Å². The molecule has 78 valence electrons. The molecule has 5 heteroatoms. The quantitative estimate of drug-likeness (QED) is 0.714. The largest absolute Gasteiger partial charge is 0.497 e. The summed E-state index contributed by atoms with van der Waals surface area (Å²) in [4.78, 5) is 0. The number of methoxy groups -OCH3 is 1. The molecule has 1 rings (SSSR count). The monoisotopic (exact) mass is 216 g/mol. The number of hydrogen-bond acceptors (Lipinski definition) is 4. The van der Waals surface area contributed by atoms with E-state index in [1.54, 1.807) is 31.4 Å². The van der Waals surface area contributed by atoms with Crippen molar-refractivity contribution in [1.82, 2.24) is 0 Å². The zero-order valence-electron chi connectivity index (χ0n) is 8.06. The first kappa shape index (κ1) is 10.8. The zero-order valence-corrected chi connectivity index (χ0v) is 8.87. The van der Waals surface area contributed by atoms with Gasteiger partial charge >= 0.3 is 10.1 Å². The van der Waals surface area contributed by atoms with Crippen LogP contribution >= 0.6 is 0 Å². The molecule has 0 aliphatic rings. The summed E-state index contributed by atoms with van der Waals surface area (Å²) in [6.45, 7) is 1.53. The highest BCUT2D eigenvalue weighted by atomic mass is 32.2. The van der Waals surface area contributed by atoms with Crippen molar-refractivity contribution in [2.24, 2.45) is 0 Å². The molecular formula is C9H12O4S. The number of rotatable bonds is 4. The predicted octanol–water partition coefficient (Wildman–Crippen LogP) is 1.42. The van der Waals surface area contributed by atoms with Crippen molar-refractivity contribution in [3.8, 4) is 11.5 Å². The van der Waals surface area contributed by atoms with Crippen molar-refractivity contribution in [2.45, 2.75) is 6.92 Å². The van der Waals surface area contributed by atoms with Crippen LogP contribution in [-0.4, -0.2) is 21.3 Å². The number of hydrogen-bond donors (Lipinski definition) is 0. The minimum absolute atomic E-state index is 0.0426. The van der Waals surface area contributed by atoms with Crippen LogP contribution < -0.4 is 8.92 Å². The third-order valence-electron chi connectivity index (χ3n) is 1.64. The summed E-state index contributed by atoms with van der Waals surface area (Å²) in [7, 11) is -1.89. The molecule has 0 aromatic heterocycles. The van der Waals surface area contributed by atoms with Crippen LogP contribution in [0.15, 0.2) is 24.3 Å². The normalized spacial score (nSPS) is 11.0. The maximum Gasteiger partial charge on any atom is 0.308 e. The maximum atomic E-state index is 11.1. The fourth-order valence-corrected chi connectivity index (χ4v) is 1.36. The highest BCUT2D eigenvalue weighted by molar-refractivity contribution is 7.87. The molecule has 0 fully saturated rings. The minimum Gasteiger partial charge on any atom is -0.497 e. The molecule has 0 aliphatic heterocycles. The molecule has 0 spiro atoms. The van der Waals surface area contributed by atoms with Crippen molar-refractivity contribution >= 4 is 10.1 Å². The van der Waals surface area contributed by atoms with E-state index in [-0.39, 0.29) is 5.75 Å². The molecule has 0 heterocycles. The van der Waals surface area contributed by atoms with Gasteiger partial charge in [0.05, 0.1) is 12.9 Å². The van der Waals surface area contributed by atoms with E-state index in [2.05, 4.69) is 0 Å². The van der Waals surface area contributed by atoms with Gasteiger partial charge in [0.2, 0.25) is 0 Å². The van der Waals surface area contributed by atoms with Crippen LogP contribution in [0, 0.1) is 0 Å². The first-order valence-electron chi connectivity index (χ1n) is 4.13. The van der Waals surface area contributed by atoms with Crippen molar-refractivity contribution < 1.29 is 17.3 Å². The molecule has 0 radical (unpaired) electrons. The van der Waals surface area contributed by atoms with Gasteiger partial charge in [-0.3, -0.25) is 0 Å². The van der Waals surface area contributed by atoms with Crippen LogP contribution in [0.4, 0.5) is 0 Å². The van der Waals surface area contributed by atoms with Crippen LogP contribution in [0.5, 0.6) is 11.5 Å². The van der Waals surface area contributed by atoms with E-state index in [0.717, 1.165) is 0 Å². The van der Waals surface area contributed by atoms with E-state index in [4.69, 9.17) is 8.92 Å². The molecule has 1 aromatic carbocycles. The van der Waals surface area contributed by atoms with E-state index < -0.39 is 10.1 Å². The second kappa shape index (κ2) is 4.32. The van der Waals surface area contributed by atoms with E-state index in [9.17, 15) is 8.42 Å². The van der Waals surface area contributed by atoms with Gasteiger partial charge in [-0.2, -0.15) is 8.42 Å². The molecular weight excluding hydrogens is 204 g/mol. The Morgan fingerprint density at radius 3 is 2.07 bits per heavy atom. The van der Waals surface area contributed by atoms with Crippen LogP contribution in [0.1, 0.15) is 6.92 Å². The molecule has 0 unspecified atom stereocenters. The lowest BCUT2D eigenvalue weighted by atomic mass is 10.3. The van der Waals surface area contributed by atoms with Gasteiger partial charge in [-0.25, -0.2) is 0 Å². The van der Waals surface area contributed by atoms with Crippen LogP contribution in [0.25, 0.3) is 0 Å². The summed E-state index contributed by atoms with van der Waals surface area (Å²) >= 11 is 0. The second-order valence-corrected chi connectivity index (χ2v) is 4.46. The van der Waals surface area contributed by atoms with E-state index in [0.29, 0.717) is 11.5 Å². The van der Waals surface area contributed by atoms with Gasteiger partial charge < -0.3 is 8.92 Å². The second-order valence-electron chi connectivity index (χ2n) is 2.61. The van der Waals surface area contributed by atoms with Crippen LogP contribution in [-0.2, 0) is 10.1 Å². The number of ether oxygens (including phenoxy) is 1. The summed E-state index contributed by atoms with van der Waals surface area (Å²) in [5.41, 5.74) is 0. The van der Waals surface area contributed by atoms with Crippen molar-refractivity contribution in [2.75, 3.05) is 12.9 Å². The molecule has 4 nitrogen and oxygen atoms in total. The highest BCUT2D eigenvalue weighted by Gasteiger charge is 2.08. The standard InChI is InChI=1S/C9H12O4S/c1-3-14(10,11)13-9-6-4-8(12-2)5-7-9/h4-7H,3H2,1-2H3. The van der Waals surface area contributed by atoms with E-state index in [1.165, 1.54) is 6.92 Å². The Balaban J connectivity index is 2.79. The van der Waals surface area contributed by atoms with E-state index >= 15 is 0 Å². The zero-order chi connectivity index (χ0) is 10.6.